The zero-order valence-electron chi connectivity index (χ0n) is 9.57. The molecule has 0 bridgehead atoms. The molecule has 1 aliphatic rings. The van der Waals surface area contributed by atoms with Gasteiger partial charge in [-0.15, -0.1) is 0 Å². The Hall–Kier alpha value is -1.20. The molecule has 5 heteroatoms. The van der Waals surface area contributed by atoms with Crippen molar-refractivity contribution >= 4 is 0 Å². The molecule has 16 heavy (non-hydrogen) atoms. The van der Waals surface area contributed by atoms with Crippen LogP contribution in [0.15, 0.2) is 12.4 Å². The van der Waals surface area contributed by atoms with E-state index >= 15 is 0 Å². The van der Waals surface area contributed by atoms with Crippen LogP contribution in [0.2, 0.25) is 0 Å². The minimum absolute atomic E-state index is 0.611. The first-order valence-corrected chi connectivity index (χ1v) is 5.65. The lowest BCUT2D eigenvalue weighted by atomic mass is 10.1. The number of rotatable bonds is 5. The first kappa shape index (κ1) is 11.3. The molecule has 2 N–H and O–H groups in total. The second-order valence-electron chi connectivity index (χ2n) is 4.00. The molecule has 0 aromatic carbocycles. The van der Waals surface area contributed by atoms with E-state index in [1.807, 2.05) is 0 Å². The van der Waals surface area contributed by atoms with E-state index in [-0.39, 0.29) is 0 Å². The monoisotopic (exact) mass is 222 g/mol. The van der Waals surface area contributed by atoms with E-state index in [0.717, 1.165) is 31.2 Å². The largest absolute Gasteiger partial charge is 0.480 e. The van der Waals surface area contributed by atoms with E-state index in [9.17, 15) is 0 Å². The molecule has 88 valence electrons. The summed E-state index contributed by atoms with van der Waals surface area (Å²) in [4.78, 5) is 8.36. The van der Waals surface area contributed by atoms with Crippen molar-refractivity contribution in [2.24, 2.45) is 5.92 Å². The van der Waals surface area contributed by atoms with Crippen LogP contribution in [0.3, 0.4) is 0 Å². The summed E-state index contributed by atoms with van der Waals surface area (Å²) < 4.78 is 5.14. The Bertz CT molecular complexity index is 326. The normalized spacial score (nSPS) is 19.9. The van der Waals surface area contributed by atoms with E-state index in [0.29, 0.717) is 12.4 Å². The number of hydrogen-bond donors (Lipinski definition) is 2. The van der Waals surface area contributed by atoms with Crippen molar-refractivity contribution in [2.45, 2.75) is 13.0 Å². The van der Waals surface area contributed by atoms with Gasteiger partial charge in [0.15, 0.2) is 0 Å². The van der Waals surface area contributed by atoms with Gasteiger partial charge < -0.3 is 15.4 Å². The molecule has 1 unspecified atom stereocenters. The molecule has 5 nitrogen and oxygen atoms in total. The summed E-state index contributed by atoms with van der Waals surface area (Å²) in [5.74, 6) is 1.35. The molecule has 0 radical (unpaired) electrons. The van der Waals surface area contributed by atoms with Crippen molar-refractivity contribution in [3.05, 3.63) is 18.1 Å². The summed E-state index contributed by atoms with van der Waals surface area (Å²) in [6, 6.07) is 0. The van der Waals surface area contributed by atoms with Crippen LogP contribution in [0.4, 0.5) is 0 Å². The van der Waals surface area contributed by atoms with Crippen LogP contribution < -0.4 is 15.4 Å². The van der Waals surface area contributed by atoms with Gasteiger partial charge in [-0.3, -0.25) is 4.98 Å². The molecular weight excluding hydrogens is 204 g/mol. The molecule has 1 aromatic rings. The van der Waals surface area contributed by atoms with Gasteiger partial charge in [-0.2, -0.15) is 0 Å². The van der Waals surface area contributed by atoms with Crippen molar-refractivity contribution in [1.82, 2.24) is 20.6 Å². The Morgan fingerprint density at radius 2 is 2.38 bits per heavy atom. The molecular formula is C11H18N4O. The van der Waals surface area contributed by atoms with Crippen LogP contribution in [0, 0.1) is 5.92 Å². The van der Waals surface area contributed by atoms with Gasteiger partial charge in [0.1, 0.15) is 5.69 Å². The van der Waals surface area contributed by atoms with Gasteiger partial charge in [-0.25, -0.2) is 4.98 Å². The molecule has 0 spiro atoms. The van der Waals surface area contributed by atoms with Crippen molar-refractivity contribution in [3.63, 3.8) is 0 Å². The first-order valence-electron chi connectivity index (χ1n) is 5.65. The van der Waals surface area contributed by atoms with Crippen molar-refractivity contribution < 1.29 is 4.74 Å². The fraction of sp³-hybridized carbons (Fsp3) is 0.636. The summed E-state index contributed by atoms with van der Waals surface area (Å²) in [5, 5.41) is 6.75. The summed E-state index contributed by atoms with van der Waals surface area (Å²) in [6.45, 7) is 3.99. The predicted octanol–water partition coefficient (Wildman–Crippen LogP) is 0.184. The first-order chi connectivity index (χ1) is 7.90. The maximum absolute atomic E-state index is 5.14. The van der Waals surface area contributed by atoms with Crippen LogP contribution in [0.1, 0.15) is 12.1 Å². The van der Waals surface area contributed by atoms with Crippen molar-refractivity contribution in [3.8, 4) is 5.88 Å². The Labute approximate surface area is 95.6 Å². The van der Waals surface area contributed by atoms with Gasteiger partial charge in [0.2, 0.25) is 5.88 Å². The average Bonchev–Trinajstić information content (AvgIpc) is 2.83. The second-order valence-corrected chi connectivity index (χ2v) is 4.00. The molecule has 2 rings (SSSR count). The van der Waals surface area contributed by atoms with Crippen LogP contribution in [0.25, 0.3) is 0 Å². The van der Waals surface area contributed by atoms with Crippen LogP contribution in [-0.2, 0) is 6.54 Å². The van der Waals surface area contributed by atoms with Gasteiger partial charge in [0.05, 0.1) is 7.11 Å². The van der Waals surface area contributed by atoms with Gasteiger partial charge in [-0.1, -0.05) is 0 Å². The zero-order chi connectivity index (χ0) is 11.2. The van der Waals surface area contributed by atoms with Gasteiger partial charge in [0, 0.05) is 18.9 Å². The number of methoxy groups -OCH3 is 1. The van der Waals surface area contributed by atoms with Crippen molar-refractivity contribution in [2.75, 3.05) is 26.7 Å². The lowest BCUT2D eigenvalue weighted by Crippen LogP contribution is -2.24. The molecule has 0 amide bonds. The van der Waals surface area contributed by atoms with Crippen molar-refractivity contribution in [1.29, 1.82) is 0 Å². The maximum atomic E-state index is 5.14. The molecule has 1 fully saturated rings. The second kappa shape index (κ2) is 5.77. The highest BCUT2D eigenvalue weighted by atomic mass is 16.5. The number of hydrogen-bond acceptors (Lipinski definition) is 5. The van der Waals surface area contributed by atoms with E-state index < -0.39 is 0 Å². The van der Waals surface area contributed by atoms with Gasteiger partial charge in [-0.05, 0) is 32.0 Å². The van der Waals surface area contributed by atoms with Crippen LogP contribution in [0.5, 0.6) is 5.88 Å². The highest BCUT2D eigenvalue weighted by Gasteiger charge is 2.14. The Morgan fingerprint density at radius 1 is 1.50 bits per heavy atom. The lowest BCUT2D eigenvalue weighted by molar-refractivity contribution is 0.385. The molecule has 1 aromatic heterocycles. The smallest absolute Gasteiger partial charge is 0.236 e. The van der Waals surface area contributed by atoms with E-state index in [4.69, 9.17) is 4.74 Å². The maximum Gasteiger partial charge on any atom is 0.236 e. The third kappa shape index (κ3) is 2.90. The minimum Gasteiger partial charge on any atom is -0.480 e. The van der Waals surface area contributed by atoms with Gasteiger partial charge >= 0.3 is 0 Å². The fourth-order valence-electron chi connectivity index (χ4n) is 1.93. The van der Waals surface area contributed by atoms with E-state index in [1.54, 1.807) is 19.5 Å². The SMILES string of the molecule is COc1nccnc1CNCC1CCNC1. The minimum atomic E-state index is 0.611. The Morgan fingerprint density at radius 3 is 3.12 bits per heavy atom. The molecule has 0 saturated carbocycles. The number of nitrogens with one attached hydrogen (secondary N) is 2. The highest BCUT2D eigenvalue weighted by molar-refractivity contribution is 5.16. The molecule has 2 heterocycles. The zero-order valence-corrected chi connectivity index (χ0v) is 9.57. The molecule has 0 aliphatic carbocycles. The van der Waals surface area contributed by atoms with E-state index in [2.05, 4.69) is 20.6 Å². The van der Waals surface area contributed by atoms with Crippen LogP contribution >= 0.6 is 0 Å². The predicted molar refractivity (Wildman–Crippen MR) is 61.3 cm³/mol. The average molecular weight is 222 g/mol. The summed E-state index contributed by atoms with van der Waals surface area (Å²) >= 11 is 0. The van der Waals surface area contributed by atoms with E-state index in [1.165, 1.54) is 6.42 Å². The number of aromatic nitrogens is 2. The third-order valence-corrected chi connectivity index (χ3v) is 2.82. The Balaban J connectivity index is 1.79. The molecule has 1 saturated heterocycles. The molecule has 1 aliphatic heterocycles. The highest BCUT2D eigenvalue weighted by Crippen LogP contribution is 2.10. The van der Waals surface area contributed by atoms with Gasteiger partial charge in [0.25, 0.3) is 0 Å². The third-order valence-electron chi connectivity index (χ3n) is 2.82. The summed E-state index contributed by atoms with van der Waals surface area (Å²) in [7, 11) is 1.62. The number of ether oxygens (including phenoxy) is 1. The quantitative estimate of drug-likeness (QED) is 0.744. The van der Waals surface area contributed by atoms with Crippen LogP contribution in [-0.4, -0.2) is 36.7 Å². The summed E-state index contributed by atoms with van der Waals surface area (Å²) in [5.41, 5.74) is 0.871. The molecule has 1 atom stereocenters. The lowest BCUT2D eigenvalue weighted by Gasteiger charge is -2.10. The summed E-state index contributed by atoms with van der Waals surface area (Å²) in [6.07, 6.45) is 4.59. The number of nitrogens with zero attached hydrogens (tertiary/aromatic N) is 2. The topological polar surface area (TPSA) is 59.1 Å². The standard InChI is InChI=1S/C11H18N4O/c1-16-11-10(14-4-5-15-11)8-13-7-9-2-3-12-6-9/h4-5,9,12-13H,2-3,6-8H2,1H3. The Kier molecular flexibility index (Phi) is 4.07. The fourth-order valence-corrected chi connectivity index (χ4v) is 1.93.